The van der Waals surface area contributed by atoms with Gasteiger partial charge in [0.1, 0.15) is 5.76 Å². The molecule has 0 aliphatic rings. The van der Waals surface area contributed by atoms with Crippen molar-refractivity contribution < 1.29 is 9.32 Å². The first-order valence-corrected chi connectivity index (χ1v) is 7.98. The van der Waals surface area contributed by atoms with E-state index in [4.69, 9.17) is 4.52 Å². The fourth-order valence-corrected chi connectivity index (χ4v) is 2.59. The molecule has 0 saturated carbocycles. The van der Waals surface area contributed by atoms with Crippen LogP contribution in [0.25, 0.3) is 10.8 Å². The van der Waals surface area contributed by atoms with E-state index in [1.807, 2.05) is 19.2 Å². The van der Waals surface area contributed by atoms with Crippen molar-refractivity contribution in [2.75, 3.05) is 0 Å². The Morgan fingerprint density at radius 3 is 2.83 bits per heavy atom. The van der Waals surface area contributed by atoms with Crippen LogP contribution in [-0.4, -0.2) is 26.0 Å². The number of hydrogen-bond donors (Lipinski definition) is 1. The molecule has 0 radical (unpaired) electrons. The third-order valence-corrected chi connectivity index (χ3v) is 3.96. The molecule has 0 unspecified atom stereocenters. The molecule has 0 bridgehead atoms. The highest BCUT2D eigenvalue weighted by molar-refractivity contribution is 7.13. The number of carbonyl (C=O) groups is 1. The number of rotatable bonds is 5. The van der Waals surface area contributed by atoms with Crippen LogP contribution in [-0.2, 0) is 6.54 Å². The van der Waals surface area contributed by atoms with Gasteiger partial charge in [0.2, 0.25) is 0 Å². The fourth-order valence-electron chi connectivity index (χ4n) is 1.83. The molecule has 7 nitrogen and oxygen atoms in total. The van der Waals surface area contributed by atoms with Crippen molar-refractivity contribution in [2.45, 2.75) is 26.3 Å². The Hall–Kier alpha value is -2.61. The Morgan fingerprint density at radius 1 is 1.35 bits per heavy atom. The standard InChI is InChI=1S/C15H15N5O2S/c1-9(2)12-6-11(20-22-12)14(21)18-7-10-8-23-15(19-10)13-16-4-3-5-17-13/h3-6,8-9H,7H2,1-2H3,(H,18,21). The molecule has 23 heavy (non-hydrogen) atoms. The third kappa shape index (κ3) is 3.59. The number of amides is 1. The van der Waals surface area contributed by atoms with Crippen molar-refractivity contribution in [3.05, 3.63) is 47.1 Å². The highest BCUT2D eigenvalue weighted by Gasteiger charge is 2.15. The predicted octanol–water partition coefficient (Wildman–Crippen LogP) is 2.64. The molecular formula is C15H15N5O2S. The van der Waals surface area contributed by atoms with Gasteiger partial charge in [-0.2, -0.15) is 0 Å². The van der Waals surface area contributed by atoms with Gasteiger partial charge in [-0.1, -0.05) is 19.0 Å². The maximum Gasteiger partial charge on any atom is 0.273 e. The molecule has 0 aliphatic carbocycles. The fraction of sp³-hybridized carbons (Fsp3) is 0.267. The van der Waals surface area contributed by atoms with E-state index >= 15 is 0 Å². The quantitative estimate of drug-likeness (QED) is 0.773. The minimum absolute atomic E-state index is 0.191. The second kappa shape index (κ2) is 6.66. The molecule has 0 spiro atoms. The molecule has 3 heterocycles. The van der Waals surface area contributed by atoms with E-state index in [0.717, 1.165) is 10.7 Å². The van der Waals surface area contributed by atoms with Gasteiger partial charge in [0.25, 0.3) is 5.91 Å². The Kier molecular flexibility index (Phi) is 4.42. The zero-order valence-corrected chi connectivity index (χ0v) is 13.5. The highest BCUT2D eigenvalue weighted by Crippen LogP contribution is 2.19. The summed E-state index contributed by atoms with van der Waals surface area (Å²) in [6.07, 6.45) is 3.34. The van der Waals surface area contributed by atoms with E-state index in [1.165, 1.54) is 11.3 Å². The largest absolute Gasteiger partial charge is 0.360 e. The molecule has 3 rings (SSSR count). The van der Waals surface area contributed by atoms with E-state index < -0.39 is 0 Å². The van der Waals surface area contributed by atoms with E-state index in [0.29, 0.717) is 18.1 Å². The lowest BCUT2D eigenvalue weighted by Crippen LogP contribution is -2.23. The molecule has 0 saturated heterocycles. The molecule has 3 aromatic heterocycles. The van der Waals surface area contributed by atoms with Crippen molar-refractivity contribution in [3.63, 3.8) is 0 Å². The van der Waals surface area contributed by atoms with Crippen LogP contribution in [0.4, 0.5) is 0 Å². The lowest BCUT2D eigenvalue weighted by Gasteiger charge is -1.99. The number of nitrogens with one attached hydrogen (secondary N) is 1. The normalized spacial score (nSPS) is 10.9. The Labute approximate surface area is 136 Å². The number of thiazole rings is 1. The van der Waals surface area contributed by atoms with Crippen molar-refractivity contribution in [1.29, 1.82) is 0 Å². The number of carbonyl (C=O) groups excluding carboxylic acids is 1. The summed E-state index contributed by atoms with van der Waals surface area (Å²) in [6.45, 7) is 4.27. The summed E-state index contributed by atoms with van der Waals surface area (Å²) < 4.78 is 5.12. The van der Waals surface area contributed by atoms with Crippen LogP contribution >= 0.6 is 11.3 Å². The molecule has 8 heteroatoms. The first-order valence-electron chi connectivity index (χ1n) is 7.10. The highest BCUT2D eigenvalue weighted by atomic mass is 32.1. The molecule has 0 atom stereocenters. The summed E-state index contributed by atoms with van der Waals surface area (Å²) in [7, 11) is 0. The monoisotopic (exact) mass is 329 g/mol. The van der Waals surface area contributed by atoms with Gasteiger partial charge < -0.3 is 9.84 Å². The van der Waals surface area contributed by atoms with Crippen LogP contribution in [0.5, 0.6) is 0 Å². The van der Waals surface area contributed by atoms with E-state index in [2.05, 4.69) is 25.4 Å². The number of nitrogens with zero attached hydrogens (tertiary/aromatic N) is 4. The summed E-state index contributed by atoms with van der Waals surface area (Å²) >= 11 is 1.44. The molecule has 1 amide bonds. The van der Waals surface area contributed by atoms with Gasteiger partial charge in [0.05, 0.1) is 12.2 Å². The average Bonchev–Trinajstić information content (AvgIpc) is 3.23. The van der Waals surface area contributed by atoms with Crippen LogP contribution in [0.15, 0.2) is 34.4 Å². The predicted molar refractivity (Wildman–Crippen MR) is 84.9 cm³/mol. The van der Waals surface area contributed by atoms with Crippen LogP contribution in [0.3, 0.4) is 0 Å². The van der Waals surface area contributed by atoms with E-state index in [1.54, 1.807) is 24.5 Å². The molecule has 0 aromatic carbocycles. The van der Waals surface area contributed by atoms with Gasteiger partial charge in [0, 0.05) is 29.8 Å². The van der Waals surface area contributed by atoms with Gasteiger partial charge in [-0.3, -0.25) is 4.79 Å². The summed E-state index contributed by atoms with van der Waals surface area (Å²) in [5.74, 6) is 1.17. The number of hydrogen-bond acceptors (Lipinski definition) is 7. The zero-order valence-electron chi connectivity index (χ0n) is 12.7. The first-order chi connectivity index (χ1) is 11.1. The second-order valence-electron chi connectivity index (χ2n) is 5.17. The molecule has 3 aromatic rings. The van der Waals surface area contributed by atoms with Crippen molar-refractivity contribution in [2.24, 2.45) is 0 Å². The minimum atomic E-state index is -0.286. The smallest absolute Gasteiger partial charge is 0.273 e. The SMILES string of the molecule is CC(C)c1cc(C(=O)NCc2csc(-c3ncccn3)n2)no1. The lowest BCUT2D eigenvalue weighted by molar-refractivity contribution is 0.0941. The summed E-state index contributed by atoms with van der Waals surface area (Å²) in [5, 5.41) is 9.14. The summed E-state index contributed by atoms with van der Waals surface area (Å²) in [4.78, 5) is 24.8. The molecule has 0 fully saturated rings. The van der Waals surface area contributed by atoms with E-state index in [-0.39, 0.29) is 17.5 Å². The minimum Gasteiger partial charge on any atom is -0.360 e. The van der Waals surface area contributed by atoms with E-state index in [9.17, 15) is 4.79 Å². The van der Waals surface area contributed by atoms with Gasteiger partial charge in [-0.25, -0.2) is 15.0 Å². The van der Waals surface area contributed by atoms with Crippen LogP contribution in [0.2, 0.25) is 0 Å². The summed E-state index contributed by atoms with van der Waals surface area (Å²) in [5.41, 5.74) is 1.02. The van der Waals surface area contributed by atoms with Crippen molar-refractivity contribution >= 4 is 17.2 Å². The molecule has 118 valence electrons. The number of aromatic nitrogens is 4. The zero-order chi connectivity index (χ0) is 16.2. The van der Waals surface area contributed by atoms with Crippen LogP contribution in [0, 0.1) is 0 Å². The Balaban J connectivity index is 1.62. The van der Waals surface area contributed by atoms with Gasteiger partial charge >= 0.3 is 0 Å². The van der Waals surface area contributed by atoms with Crippen LogP contribution < -0.4 is 5.32 Å². The van der Waals surface area contributed by atoms with Crippen molar-refractivity contribution in [3.8, 4) is 10.8 Å². The molecule has 1 N–H and O–H groups in total. The molecule has 0 aliphatic heterocycles. The Bertz CT molecular complexity index is 797. The van der Waals surface area contributed by atoms with Gasteiger partial charge in [-0.15, -0.1) is 11.3 Å². The molecular weight excluding hydrogens is 314 g/mol. The van der Waals surface area contributed by atoms with Gasteiger partial charge in [-0.05, 0) is 6.07 Å². The summed E-state index contributed by atoms with van der Waals surface area (Å²) in [6, 6.07) is 3.41. The van der Waals surface area contributed by atoms with Gasteiger partial charge in [0.15, 0.2) is 16.5 Å². The average molecular weight is 329 g/mol. The van der Waals surface area contributed by atoms with Crippen LogP contribution in [0.1, 0.15) is 41.7 Å². The second-order valence-corrected chi connectivity index (χ2v) is 6.03. The maximum absolute atomic E-state index is 12.0. The first kappa shape index (κ1) is 15.3. The lowest BCUT2D eigenvalue weighted by atomic mass is 10.1. The Morgan fingerprint density at radius 2 is 2.13 bits per heavy atom. The maximum atomic E-state index is 12.0. The third-order valence-electron chi connectivity index (χ3n) is 3.07. The van der Waals surface area contributed by atoms with Crippen molar-refractivity contribution in [1.82, 2.24) is 25.4 Å². The topological polar surface area (TPSA) is 93.8 Å².